The van der Waals surface area contributed by atoms with Crippen LogP contribution in [0.25, 0.3) is 15.9 Å². The zero-order valence-corrected chi connectivity index (χ0v) is 19.2. The Morgan fingerprint density at radius 3 is 2.79 bits per heavy atom. The Kier molecular flexibility index (Phi) is 5.88. The van der Waals surface area contributed by atoms with Gasteiger partial charge in [0.1, 0.15) is 10.6 Å². The maximum Gasteiger partial charge on any atom is 0.271 e. The lowest BCUT2D eigenvalue weighted by Crippen LogP contribution is -2.23. The molecule has 1 N–H and O–H groups in total. The predicted octanol–water partition coefficient (Wildman–Crippen LogP) is 4.71. The Morgan fingerprint density at radius 1 is 1.24 bits per heavy atom. The quantitative estimate of drug-likeness (QED) is 0.179. The highest BCUT2D eigenvalue weighted by Crippen LogP contribution is 2.36. The molecular weight excluding hydrogens is 479 g/mol. The number of non-ortho nitro benzene ring substituents is 1. The Labute approximate surface area is 200 Å². The van der Waals surface area contributed by atoms with Gasteiger partial charge in [0.05, 0.1) is 27.4 Å². The second-order valence-electron chi connectivity index (χ2n) is 7.67. The van der Waals surface area contributed by atoms with Crippen LogP contribution in [0.4, 0.5) is 15.8 Å². The second-order valence-corrected chi connectivity index (χ2v) is 9.69. The average molecular weight is 497 g/mol. The molecule has 1 aliphatic carbocycles. The van der Waals surface area contributed by atoms with Gasteiger partial charge in [-0.15, -0.1) is 11.3 Å². The minimum atomic E-state index is -0.780. The van der Waals surface area contributed by atoms with E-state index >= 15 is 0 Å². The number of benzene rings is 2. The number of carbonyl (C=O) groups excluding carboxylic acids is 1. The minimum Gasteiger partial charge on any atom is -0.323 e. The van der Waals surface area contributed by atoms with Crippen LogP contribution < -0.4 is 10.9 Å². The summed E-state index contributed by atoms with van der Waals surface area (Å²) < 4.78 is 15.5. The van der Waals surface area contributed by atoms with Crippen LogP contribution in [0.3, 0.4) is 0 Å². The van der Waals surface area contributed by atoms with Crippen LogP contribution in [0.1, 0.15) is 16.9 Å². The van der Waals surface area contributed by atoms with Gasteiger partial charge in [0.25, 0.3) is 11.2 Å². The van der Waals surface area contributed by atoms with Crippen molar-refractivity contribution in [2.75, 3.05) is 11.1 Å². The van der Waals surface area contributed by atoms with Crippen molar-refractivity contribution in [2.24, 2.45) is 0 Å². The molecular formula is C23H17FN4O4S2. The third-order valence-electron chi connectivity index (χ3n) is 5.49. The highest BCUT2D eigenvalue weighted by Gasteiger charge is 2.24. The lowest BCUT2D eigenvalue weighted by molar-refractivity contribution is -0.384. The van der Waals surface area contributed by atoms with Crippen LogP contribution in [-0.4, -0.2) is 26.1 Å². The lowest BCUT2D eigenvalue weighted by Gasteiger charge is -2.12. The van der Waals surface area contributed by atoms with Gasteiger partial charge in [0, 0.05) is 17.0 Å². The number of anilines is 1. The first-order valence-corrected chi connectivity index (χ1v) is 12.2. The standard InChI is InChI=1S/C23H17FN4O4S2/c24-16-10-9-14(28(31)32)11-17(16)25-19(29)12-33-23-26-21-20(15-7-4-8-18(15)34-21)22(30)27(23)13-5-2-1-3-6-13/h1-3,5-6,9-11H,4,7-8,12H2,(H,25,29). The molecule has 1 aliphatic rings. The molecule has 0 radical (unpaired) electrons. The van der Waals surface area contributed by atoms with Gasteiger partial charge in [-0.1, -0.05) is 30.0 Å². The summed E-state index contributed by atoms with van der Waals surface area (Å²) in [6.45, 7) is 0. The molecule has 0 bridgehead atoms. The number of nitrogens with one attached hydrogen (secondary N) is 1. The topological polar surface area (TPSA) is 107 Å². The molecule has 0 saturated carbocycles. The van der Waals surface area contributed by atoms with Crippen molar-refractivity contribution in [2.45, 2.75) is 24.4 Å². The maximum atomic E-state index is 14.0. The first-order chi connectivity index (χ1) is 16.4. The molecule has 4 aromatic rings. The highest BCUT2D eigenvalue weighted by molar-refractivity contribution is 7.99. The van der Waals surface area contributed by atoms with E-state index < -0.39 is 16.6 Å². The number of aryl methyl sites for hydroxylation is 2. The summed E-state index contributed by atoms with van der Waals surface area (Å²) in [4.78, 5) is 42.9. The van der Waals surface area contributed by atoms with E-state index in [4.69, 9.17) is 4.98 Å². The Balaban J connectivity index is 1.47. The van der Waals surface area contributed by atoms with E-state index in [0.717, 1.165) is 54.8 Å². The average Bonchev–Trinajstić information content (AvgIpc) is 3.40. The fourth-order valence-corrected chi connectivity index (χ4v) is 6.08. The highest BCUT2D eigenvalue weighted by atomic mass is 32.2. The molecule has 1 amide bonds. The minimum absolute atomic E-state index is 0.169. The van der Waals surface area contributed by atoms with E-state index in [2.05, 4.69) is 5.32 Å². The normalized spacial score (nSPS) is 12.6. The van der Waals surface area contributed by atoms with Gasteiger partial charge >= 0.3 is 0 Å². The molecule has 0 unspecified atom stereocenters. The number of thioether (sulfide) groups is 1. The number of carbonyl (C=O) groups is 1. The molecule has 0 atom stereocenters. The molecule has 11 heteroatoms. The van der Waals surface area contributed by atoms with Gasteiger partial charge in [-0.05, 0) is 43.0 Å². The van der Waals surface area contributed by atoms with Crippen molar-refractivity contribution >= 4 is 50.6 Å². The van der Waals surface area contributed by atoms with Crippen LogP contribution in [-0.2, 0) is 17.6 Å². The number of nitro benzene ring substituents is 1. The van der Waals surface area contributed by atoms with E-state index in [0.29, 0.717) is 21.1 Å². The fraction of sp³-hybridized carbons (Fsp3) is 0.174. The zero-order valence-electron chi connectivity index (χ0n) is 17.6. The third kappa shape index (κ3) is 4.08. The van der Waals surface area contributed by atoms with Crippen molar-refractivity contribution in [3.05, 3.63) is 85.3 Å². The molecule has 34 heavy (non-hydrogen) atoms. The van der Waals surface area contributed by atoms with Gasteiger partial charge in [-0.3, -0.25) is 24.3 Å². The summed E-state index contributed by atoms with van der Waals surface area (Å²) in [5, 5.41) is 14.3. The second kappa shape index (κ2) is 8.99. The van der Waals surface area contributed by atoms with Gasteiger partial charge in [-0.2, -0.15) is 0 Å². The van der Waals surface area contributed by atoms with E-state index in [1.807, 2.05) is 18.2 Å². The number of hydrogen-bond acceptors (Lipinski definition) is 7. The van der Waals surface area contributed by atoms with Gasteiger partial charge < -0.3 is 5.32 Å². The molecule has 0 fully saturated rings. The molecule has 2 heterocycles. The summed E-state index contributed by atoms with van der Waals surface area (Å²) in [6.07, 6.45) is 2.80. The molecule has 2 aromatic carbocycles. The Hall–Kier alpha value is -3.57. The number of hydrogen-bond donors (Lipinski definition) is 1. The molecule has 8 nitrogen and oxygen atoms in total. The van der Waals surface area contributed by atoms with Gasteiger partial charge in [-0.25, -0.2) is 9.37 Å². The number of rotatable bonds is 6. The fourth-order valence-electron chi connectivity index (χ4n) is 3.97. The largest absolute Gasteiger partial charge is 0.323 e. The van der Waals surface area contributed by atoms with E-state index in [9.17, 15) is 24.1 Å². The number of nitrogens with zero attached hydrogens (tertiary/aromatic N) is 3. The molecule has 2 aromatic heterocycles. The molecule has 172 valence electrons. The first-order valence-electron chi connectivity index (χ1n) is 10.4. The number of amides is 1. The van der Waals surface area contributed by atoms with Crippen molar-refractivity contribution < 1.29 is 14.1 Å². The maximum absolute atomic E-state index is 14.0. The van der Waals surface area contributed by atoms with Crippen LogP contribution in [0.15, 0.2) is 58.5 Å². The molecule has 0 aliphatic heterocycles. The predicted molar refractivity (Wildman–Crippen MR) is 130 cm³/mol. The monoisotopic (exact) mass is 496 g/mol. The van der Waals surface area contributed by atoms with Crippen LogP contribution >= 0.6 is 23.1 Å². The number of para-hydroxylation sites is 1. The Bertz CT molecular complexity index is 1500. The van der Waals surface area contributed by atoms with Crippen molar-refractivity contribution in [3.63, 3.8) is 0 Å². The van der Waals surface area contributed by atoms with E-state index in [1.54, 1.807) is 12.1 Å². The van der Waals surface area contributed by atoms with Crippen molar-refractivity contribution in [1.29, 1.82) is 0 Å². The van der Waals surface area contributed by atoms with Crippen molar-refractivity contribution in [1.82, 2.24) is 9.55 Å². The zero-order chi connectivity index (χ0) is 23.8. The number of aromatic nitrogens is 2. The van der Waals surface area contributed by atoms with Crippen LogP contribution in [0, 0.1) is 15.9 Å². The van der Waals surface area contributed by atoms with Gasteiger partial charge in [0.15, 0.2) is 5.16 Å². The lowest BCUT2D eigenvalue weighted by atomic mass is 10.2. The van der Waals surface area contributed by atoms with E-state index in [-0.39, 0.29) is 22.7 Å². The first kappa shape index (κ1) is 22.2. The van der Waals surface area contributed by atoms with Crippen LogP contribution in [0.2, 0.25) is 0 Å². The number of halogens is 1. The van der Waals surface area contributed by atoms with Crippen LogP contribution in [0.5, 0.6) is 0 Å². The number of fused-ring (bicyclic) bond motifs is 3. The molecule has 5 rings (SSSR count). The van der Waals surface area contributed by atoms with Crippen molar-refractivity contribution in [3.8, 4) is 5.69 Å². The summed E-state index contributed by atoms with van der Waals surface area (Å²) in [6, 6.07) is 12.0. The SMILES string of the molecule is O=C(CSc1nc2sc3c(c2c(=O)n1-c1ccccc1)CCC3)Nc1cc([N+](=O)[O-])ccc1F. The summed E-state index contributed by atoms with van der Waals surface area (Å²) in [5.74, 6) is -1.53. The third-order valence-corrected chi connectivity index (χ3v) is 7.61. The smallest absolute Gasteiger partial charge is 0.271 e. The number of nitro groups is 1. The summed E-state index contributed by atoms with van der Waals surface area (Å²) in [5.41, 5.74) is 0.909. The molecule has 0 spiro atoms. The molecule has 0 saturated heterocycles. The summed E-state index contributed by atoms with van der Waals surface area (Å²) in [7, 11) is 0. The Morgan fingerprint density at radius 2 is 2.03 bits per heavy atom. The number of thiophene rings is 1. The summed E-state index contributed by atoms with van der Waals surface area (Å²) >= 11 is 2.56. The van der Waals surface area contributed by atoms with E-state index in [1.165, 1.54) is 20.8 Å². The van der Waals surface area contributed by atoms with Gasteiger partial charge in [0.2, 0.25) is 5.91 Å².